The number of pyridine rings is 1. The van der Waals surface area contributed by atoms with Gasteiger partial charge in [0.2, 0.25) is 5.95 Å². The molecule has 3 heterocycles. The van der Waals surface area contributed by atoms with Crippen LogP contribution < -0.4 is 25.6 Å². The van der Waals surface area contributed by atoms with Crippen LogP contribution in [0.2, 0.25) is 0 Å². The van der Waals surface area contributed by atoms with Gasteiger partial charge in [0.15, 0.2) is 0 Å². The lowest BCUT2D eigenvalue weighted by Gasteiger charge is -2.37. The van der Waals surface area contributed by atoms with Gasteiger partial charge in [-0.15, -0.1) is 0 Å². The fraction of sp³-hybridized carbons (Fsp3) is 0.394. The van der Waals surface area contributed by atoms with Gasteiger partial charge in [0.25, 0.3) is 0 Å². The minimum atomic E-state index is -2.72. The molecule has 0 bridgehead atoms. The lowest BCUT2D eigenvalue weighted by atomic mass is 10.00. The zero-order valence-electron chi connectivity index (χ0n) is 27.6. The number of nitrogens with zero attached hydrogens (tertiary/aromatic N) is 6. The molecule has 5 rings (SSSR count). The number of oxime groups is 1. The number of aliphatic hydroxyl groups excluding tert-OH is 1. The smallest absolute Gasteiger partial charge is 0.229 e. The summed E-state index contributed by atoms with van der Waals surface area (Å²) in [6, 6.07) is 12.2. The molecule has 2 aromatic carbocycles. The number of ether oxygens (including phenoxy) is 1. The van der Waals surface area contributed by atoms with Crippen LogP contribution in [0.5, 0.6) is 5.75 Å². The number of aliphatic hydroxyl groups is 1. The summed E-state index contributed by atoms with van der Waals surface area (Å²) >= 11 is 3.57. The Morgan fingerprint density at radius 3 is 2.55 bits per heavy atom. The molecule has 2 aromatic heterocycles. The third-order valence-corrected chi connectivity index (χ3v) is 10.3. The number of anilines is 5. The minimum absolute atomic E-state index is 0.102. The first kappa shape index (κ1) is 34.6. The molecule has 47 heavy (non-hydrogen) atoms. The van der Waals surface area contributed by atoms with E-state index in [1.807, 2.05) is 43.3 Å². The Bertz CT molecular complexity index is 1810. The van der Waals surface area contributed by atoms with E-state index in [-0.39, 0.29) is 13.2 Å². The van der Waals surface area contributed by atoms with Gasteiger partial charge in [0.1, 0.15) is 25.3 Å². The molecule has 0 aliphatic carbocycles. The summed E-state index contributed by atoms with van der Waals surface area (Å²) in [6.45, 7) is 7.13. The summed E-state index contributed by atoms with van der Waals surface area (Å²) in [4.78, 5) is 23.8. The maximum atomic E-state index is 13.5. The molecule has 0 radical (unpaired) electrons. The Kier molecular flexibility index (Phi) is 11.0. The molecule has 0 spiro atoms. The number of benzene rings is 2. The lowest BCUT2D eigenvalue weighted by Crippen LogP contribution is -2.42. The molecule has 1 saturated heterocycles. The van der Waals surface area contributed by atoms with Crippen molar-refractivity contribution in [3.05, 3.63) is 58.8 Å². The maximum absolute atomic E-state index is 13.5. The van der Waals surface area contributed by atoms with E-state index in [1.165, 1.54) is 0 Å². The Hall–Kier alpha value is -3.77. The van der Waals surface area contributed by atoms with E-state index in [1.54, 1.807) is 32.8 Å². The molecule has 4 aromatic rings. The lowest BCUT2D eigenvalue weighted by molar-refractivity contribution is 0.0986. The molecule has 3 N–H and O–H groups in total. The van der Waals surface area contributed by atoms with Gasteiger partial charge >= 0.3 is 0 Å². The number of hydrogen-bond donors (Lipinski definition) is 3. The van der Waals surface area contributed by atoms with Crippen molar-refractivity contribution in [2.75, 3.05) is 76.4 Å². The summed E-state index contributed by atoms with van der Waals surface area (Å²) in [5, 5.41) is 21.7. The molecule has 14 heteroatoms. The van der Waals surface area contributed by atoms with Crippen LogP contribution in [-0.4, -0.2) is 97.5 Å². The minimum Gasteiger partial charge on any atom is -0.494 e. The second kappa shape index (κ2) is 15.0. The van der Waals surface area contributed by atoms with Crippen molar-refractivity contribution >= 4 is 73.8 Å². The van der Waals surface area contributed by atoms with E-state index >= 15 is 0 Å². The quantitative estimate of drug-likeness (QED) is 0.0708. The Morgan fingerprint density at radius 2 is 1.87 bits per heavy atom. The van der Waals surface area contributed by atoms with Gasteiger partial charge in [-0.3, -0.25) is 4.98 Å². The number of piperidine rings is 1. The Morgan fingerprint density at radius 1 is 1.13 bits per heavy atom. The van der Waals surface area contributed by atoms with E-state index in [2.05, 4.69) is 65.6 Å². The van der Waals surface area contributed by atoms with Gasteiger partial charge < -0.3 is 39.7 Å². The average molecular weight is 726 g/mol. The Balaban J connectivity index is 1.50. The monoisotopic (exact) mass is 724 g/mol. The van der Waals surface area contributed by atoms with Crippen LogP contribution in [0.4, 0.5) is 28.8 Å². The normalized spacial score (nSPS) is 14.5. The summed E-state index contributed by atoms with van der Waals surface area (Å²) in [7, 11) is 3.16. The van der Waals surface area contributed by atoms with Crippen molar-refractivity contribution < 1.29 is 19.2 Å². The topological polar surface area (TPSA) is 137 Å². The van der Waals surface area contributed by atoms with Crippen molar-refractivity contribution in [3.63, 3.8) is 0 Å². The number of methoxy groups -OCH3 is 1. The number of nitrogens with one attached hydrogen (secondary N) is 2. The van der Waals surface area contributed by atoms with E-state index in [9.17, 15) is 9.67 Å². The van der Waals surface area contributed by atoms with Crippen molar-refractivity contribution in [2.24, 2.45) is 5.16 Å². The second-order valence-electron chi connectivity index (χ2n) is 12.0. The zero-order chi connectivity index (χ0) is 33.7. The summed E-state index contributed by atoms with van der Waals surface area (Å²) in [6.07, 6.45) is 5.41. The fourth-order valence-electron chi connectivity index (χ4n) is 5.80. The van der Waals surface area contributed by atoms with Crippen LogP contribution in [-0.2, 0) is 9.40 Å². The summed E-state index contributed by atoms with van der Waals surface area (Å²) in [5.41, 5.74) is 4.53. The predicted octanol–water partition coefficient (Wildman–Crippen LogP) is 5.79. The van der Waals surface area contributed by atoms with Crippen molar-refractivity contribution in [1.82, 2.24) is 19.9 Å². The highest BCUT2D eigenvalue weighted by Crippen LogP contribution is 2.42. The van der Waals surface area contributed by atoms with Crippen molar-refractivity contribution in [2.45, 2.75) is 25.8 Å². The SMILES string of the molecule is COc1cc(N2CCC(N(C)C)CC2)c(/C(C)=N/OCCO)cc1Nc1ncc(Br)c(Nc2cnc3ccccc3c2P(C)(C)=O)n1. The fourth-order valence-corrected chi connectivity index (χ4v) is 7.56. The standard InChI is InChI=1S/C33H42BrN8O4P/c1-21(40-46-16-15-43)24-17-27(30(45-4)18-29(24)42-13-11-22(12-14-42)41(2)3)38-33-36-19-25(34)32(39-33)37-28-20-35-26-10-8-7-9-23(26)31(28)47(5,6)44/h7-10,17-20,22,43H,11-16H2,1-6H3,(H2,36,37,38,39)/b40-21+. The zero-order valence-corrected chi connectivity index (χ0v) is 30.1. The molecular formula is C33H42BrN8O4P. The van der Waals surface area contributed by atoms with Crippen molar-refractivity contribution in [3.8, 4) is 5.75 Å². The highest BCUT2D eigenvalue weighted by molar-refractivity contribution is 9.10. The van der Waals surface area contributed by atoms with Gasteiger partial charge in [-0.1, -0.05) is 23.4 Å². The van der Waals surface area contributed by atoms with E-state index in [0.29, 0.717) is 50.4 Å². The highest BCUT2D eigenvalue weighted by Gasteiger charge is 2.25. The summed E-state index contributed by atoms with van der Waals surface area (Å²) < 4.78 is 20.0. The number of fused-ring (bicyclic) bond motifs is 1. The third kappa shape index (κ3) is 8.03. The van der Waals surface area contributed by atoms with Crippen molar-refractivity contribution in [1.29, 1.82) is 0 Å². The number of aromatic nitrogens is 3. The molecular weight excluding hydrogens is 683 g/mol. The van der Waals surface area contributed by atoms with E-state index < -0.39 is 7.14 Å². The molecule has 0 saturated carbocycles. The number of para-hydroxylation sites is 1. The Labute approximate surface area is 284 Å². The first-order valence-electron chi connectivity index (χ1n) is 15.4. The van der Waals surface area contributed by atoms with Crippen LogP contribution in [0.3, 0.4) is 0 Å². The first-order valence-corrected chi connectivity index (χ1v) is 18.8. The number of halogens is 1. The highest BCUT2D eigenvalue weighted by atomic mass is 79.9. The van der Waals surface area contributed by atoms with Crippen LogP contribution in [0.1, 0.15) is 25.3 Å². The van der Waals surface area contributed by atoms with Gasteiger partial charge in [0, 0.05) is 53.3 Å². The first-order chi connectivity index (χ1) is 22.5. The molecule has 1 aliphatic rings. The number of rotatable bonds is 12. The third-order valence-electron chi connectivity index (χ3n) is 8.16. The summed E-state index contributed by atoms with van der Waals surface area (Å²) in [5.74, 6) is 1.41. The molecule has 1 aliphatic heterocycles. The molecule has 12 nitrogen and oxygen atoms in total. The molecule has 0 unspecified atom stereocenters. The van der Waals surface area contributed by atoms with Crippen LogP contribution in [0.25, 0.3) is 10.9 Å². The van der Waals surface area contributed by atoms with Gasteiger partial charge in [-0.05, 0) is 75.3 Å². The van der Waals surface area contributed by atoms with Crippen LogP contribution in [0.15, 0.2) is 58.4 Å². The van der Waals surface area contributed by atoms with Gasteiger partial charge in [-0.25, -0.2) is 4.98 Å². The van der Waals surface area contributed by atoms with Crippen LogP contribution in [0, 0.1) is 0 Å². The molecule has 0 atom stereocenters. The maximum Gasteiger partial charge on any atom is 0.229 e. The van der Waals surface area contributed by atoms with Gasteiger partial charge in [-0.2, -0.15) is 4.98 Å². The molecule has 1 fully saturated rings. The molecule has 250 valence electrons. The van der Waals surface area contributed by atoms with E-state index in [4.69, 9.17) is 14.6 Å². The predicted molar refractivity (Wildman–Crippen MR) is 194 cm³/mol. The van der Waals surface area contributed by atoms with E-state index in [0.717, 1.165) is 48.1 Å². The molecule has 0 amide bonds. The van der Waals surface area contributed by atoms with Crippen LogP contribution >= 0.6 is 23.1 Å². The second-order valence-corrected chi connectivity index (χ2v) is 16.0. The average Bonchev–Trinajstić information content (AvgIpc) is 3.05. The number of hydrogen-bond acceptors (Lipinski definition) is 12. The van der Waals surface area contributed by atoms with Gasteiger partial charge in [0.05, 0.1) is 47.0 Å². The largest absolute Gasteiger partial charge is 0.494 e.